The van der Waals surface area contributed by atoms with E-state index in [1.54, 1.807) is 0 Å². The van der Waals surface area contributed by atoms with Crippen LogP contribution in [0, 0.1) is 5.82 Å². The molecule has 0 aliphatic rings. The van der Waals surface area contributed by atoms with Crippen molar-refractivity contribution in [1.82, 2.24) is 0 Å². The van der Waals surface area contributed by atoms with Crippen LogP contribution in [0.25, 0.3) is 0 Å². The summed E-state index contributed by atoms with van der Waals surface area (Å²) in [5.74, 6) is -1.94. The van der Waals surface area contributed by atoms with Crippen LogP contribution in [0.3, 0.4) is 0 Å². The number of carbonyl (C=O) groups is 1. The number of carboxylic acid groups (broad SMARTS) is 1. The topological polar surface area (TPSA) is 83.5 Å². The van der Waals surface area contributed by atoms with Gasteiger partial charge in [0.1, 0.15) is 5.82 Å². The highest BCUT2D eigenvalue weighted by atomic mass is 19.1. The molecule has 0 fully saturated rings. The molecule has 1 aromatic rings. The molecule has 1 aromatic carbocycles. The van der Waals surface area contributed by atoms with Crippen LogP contribution in [-0.4, -0.2) is 29.3 Å². The molecule has 78 valence electrons. The Morgan fingerprint density at radius 3 is 2.21 bits per heavy atom. The fourth-order valence-electron chi connectivity index (χ4n) is 0.635. The van der Waals surface area contributed by atoms with Crippen molar-refractivity contribution in [1.29, 1.82) is 0 Å². The smallest absolute Gasteiger partial charge is 0.338 e. The first kappa shape index (κ1) is 12.5. The van der Waals surface area contributed by atoms with Gasteiger partial charge >= 0.3 is 5.97 Å². The molecular formula is C9H12FNO3. The van der Waals surface area contributed by atoms with Crippen LogP contribution in [0.2, 0.25) is 0 Å². The largest absolute Gasteiger partial charge is 0.478 e. The summed E-state index contributed by atoms with van der Waals surface area (Å²) in [4.78, 5) is 10.2. The quantitative estimate of drug-likeness (QED) is 0.649. The minimum Gasteiger partial charge on any atom is -0.478 e. The van der Waals surface area contributed by atoms with Crippen LogP contribution < -0.4 is 5.73 Å². The summed E-state index contributed by atoms with van der Waals surface area (Å²) >= 11 is 0. The molecule has 4 N–H and O–H groups in total. The van der Waals surface area contributed by atoms with Gasteiger partial charge in [-0.2, -0.15) is 0 Å². The molecule has 5 heteroatoms. The van der Waals surface area contributed by atoms with Crippen LogP contribution in [0.15, 0.2) is 24.3 Å². The maximum absolute atomic E-state index is 12.5. The lowest BCUT2D eigenvalue weighted by Gasteiger charge is -1.92. The van der Waals surface area contributed by atoms with Gasteiger partial charge in [-0.05, 0) is 12.1 Å². The molecule has 0 heterocycles. The predicted molar refractivity (Wildman–Crippen MR) is 49.5 cm³/mol. The SMILES string of the molecule is NCCO.O=C(O)c1ccccc1F. The summed E-state index contributed by atoms with van der Waals surface area (Å²) in [6.45, 7) is 0.472. The Kier molecular flexibility index (Phi) is 6.26. The summed E-state index contributed by atoms with van der Waals surface area (Å²) in [7, 11) is 0. The number of rotatable bonds is 2. The number of benzene rings is 1. The van der Waals surface area contributed by atoms with Crippen LogP contribution in [0.4, 0.5) is 4.39 Å². The molecule has 14 heavy (non-hydrogen) atoms. The average molecular weight is 201 g/mol. The van der Waals surface area contributed by atoms with Gasteiger partial charge in [-0.25, -0.2) is 9.18 Å². The first-order valence-corrected chi connectivity index (χ1v) is 3.92. The number of nitrogens with two attached hydrogens (primary N) is 1. The molecule has 0 spiro atoms. The molecule has 0 saturated heterocycles. The van der Waals surface area contributed by atoms with Gasteiger partial charge in [0.15, 0.2) is 0 Å². The van der Waals surface area contributed by atoms with Gasteiger partial charge in [-0.15, -0.1) is 0 Å². The number of hydrogen-bond acceptors (Lipinski definition) is 3. The second kappa shape index (κ2) is 6.99. The van der Waals surface area contributed by atoms with Crippen LogP contribution in [0.5, 0.6) is 0 Å². The van der Waals surface area contributed by atoms with Crippen molar-refractivity contribution in [2.75, 3.05) is 13.2 Å². The summed E-state index contributed by atoms with van der Waals surface area (Å²) in [5.41, 5.74) is 4.49. The van der Waals surface area contributed by atoms with Crippen molar-refractivity contribution < 1.29 is 19.4 Å². The standard InChI is InChI=1S/C7H5FO2.C2H7NO/c8-6-4-2-1-3-5(6)7(9)10;3-1-2-4/h1-4H,(H,9,10);4H,1-3H2. The van der Waals surface area contributed by atoms with Crippen molar-refractivity contribution in [2.24, 2.45) is 5.73 Å². The molecule has 0 atom stereocenters. The zero-order valence-corrected chi connectivity index (χ0v) is 7.48. The van der Waals surface area contributed by atoms with E-state index in [-0.39, 0.29) is 12.2 Å². The molecule has 0 aliphatic heterocycles. The zero-order valence-electron chi connectivity index (χ0n) is 7.48. The fraction of sp³-hybridized carbons (Fsp3) is 0.222. The van der Waals surface area contributed by atoms with Gasteiger partial charge in [0, 0.05) is 6.54 Å². The van der Waals surface area contributed by atoms with Crippen LogP contribution in [0.1, 0.15) is 10.4 Å². The Morgan fingerprint density at radius 1 is 1.43 bits per heavy atom. The van der Waals surface area contributed by atoms with Crippen LogP contribution in [-0.2, 0) is 0 Å². The molecule has 0 radical (unpaired) electrons. The Hall–Kier alpha value is -1.46. The molecule has 0 saturated carbocycles. The predicted octanol–water partition coefficient (Wildman–Crippen LogP) is 0.461. The number of halogens is 1. The Bertz CT molecular complexity index is 289. The minimum atomic E-state index is -1.24. The van der Waals surface area contributed by atoms with Crippen molar-refractivity contribution in [3.05, 3.63) is 35.6 Å². The molecule has 0 unspecified atom stereocenters. The van der Waals surface area contributed by atoms with E-state index in [0.717, 1.165) is 6.07 Å². The highest BCUT2D eigenvalue weighted by Crippen LogP contribution is 2.04. The highest BCUT2D eigenvalue weighted by Gasteiger charge is 2.06. The van der Waals surface area contributed by atoms with E-state index < -0.39 is 11.8 Å². The third kappa shape index (κ3) is 4.54. The molecule has 0 bridgehead atoms. The molecular weight excluding hydrogens is 189 g/mol. The van der Waals surface area contributed by atoms with Crippen molar-refractivity contribution in [2.45, 2.75) is 0 Å². The highest BCUT2D eigenvalue weighted by molar-refractivity contribution is 5.87. The molecule has 0 aliphatic carbocycles. The van der Waals surface area contributed by atoms with Gasteiger partial charge < -0.3 is 15.9 Å². The molecule has 4 nitrogen and oxygen atoms in total. The Balaban J connectivity index is 0.000000364. The fourth-order valence-corrected chi connectivity index (χ4v) is 0.635. The van der Waals surface area contributed by atoms with E-state index in [1.807, 2.05) is 0 Å². The van der Waals surface area contributed by atoms with Gasteiger partial charge in [0.05, 0.1) is 12.2 Å². The number of aliphatic hydroxyl groups excluding tert-OH is 1. The number of aromatic carboxylic acids is 1. The molecule has 0 amide bonds. The first-order valence-electron chi connectivity index (χ1n) is 3.92. The van der Waals surface area contributed by atoms with E-state index in [0.29, 0.717) is 6.54 Å². The third-order valence-electron chi connectivity index (χ3n) is 1.23. The van der Waals surface area contributed by atoms with Gasteiger partial charge in [0.25, 0.3) is 0 Å². The monoisotopic (exact) mass is 201 g/mol. The summed E-state index contributed by atoms with van der Waals surface area (Å²) in [6.07, 6.45) is 0. The van der Waals surface area contributed by atoms with Gasteiger partial charge in [-0.3, -0.25) is 0 Å². The van der Waals surface area contributed by atoms with Gasteiger partial charge in [0.2, 0.25) is 0 Å². The average Bonchev–Trinajstić information content (AvgIpc) is 2.18. The van der Waals surface area contributed by atoms with Crippen molar-refractivity contribution >= 4 is 5.97 Å². The normalized spacial score (nSPS) is 8.79. The van der Waals surface area contributed by atoms with Crippen molar-refractivity contribution in [3.63, 3.8) is 0 Å². The van der Waals surface area contributed by atoms with E-state index in [9.17, 15) is 9.18 Å². The van der Waals surface area contributed by atoms with Crippen LogP contribution >= 0.6 is 0 Å². The van der Waals surface area contributed by atoms with Crippen molar-refractivity contribution in [3.8, 4) is 0 Å². The molecule has 1 rings (SSSR count). The second-order valence-corrected chi connectivity index (χ2v) is 2.30. The lowest BCUT2D eigenvalue weighted by atomic mass is 10.2. The second-order valence-electron chi connectivity index (χ2n) is 2.30. The van der Waals surface area contributed by atoms with E-state index in [2.05, 4.69) is 0 Å². The lowest BCUT2D eigenvalue weighted by Crippen LogP contribution is -2.02. The first-order chi connectivity index (χ1) is 6.63. The van der Waals surface area contributed by atoms with E-state index in [4.69, 9.17) is 15.9 Å². The van der Waals surface area contributed by atoms with E-state index >= 15 is 0 Å². The summed E-state index contributed by atoms with van der Waals surface area (Å²) in [6, 6.07) is 5.26. The zero-order chi connectivity index (χ0) is 11.0. The number of carboxylic acids is 1. The maximum atomic E-state index is 12.5. The number of hydrogen-bond donors (Lipinski definition) is 3. The minimum absolute atomic E-state index is 0.0972. The Morgan fingerprint density at radius 2 is 1.93 bits per heavy atom. The maximum Gasteiger partial charge on any atom is 0.338 e. The van der Waals surface area contributed by atoms with Gasteiger partial charge in [-0.1, -0.05) is 12.1 Å². The van der Waals surface area contributed by atoms with E-state index in [1.165, 1.54) is 18.2 Å². The molecule has 0 aromatic heterocycles. The Labute approximate surface area is 80.8 Å². The third-order valence-corrected chi connectivity index (χ3v) is 1.23. The summed E-state index contributed by atoms with van der Waals surface area (Å²) in [5, 5.41) is 16.1. The summed E-state index contributed by atoms with van der Waals surface area (Å²) < 4.78 is 12.5. The lowest BCUT2D eigenvalue weighted by molar-refractivity contribution is 0.0692. The number of aliphatic hydroxyl groups is 1.